The van der Waals surface area contributed by atoms with Gasteiger partial charge in [0.1, 0.15) is 23.2 Å². The maximum absolute atomic E-state index is 5.18. The van der Waals surface area contributed by atoms with Crippen LogP contribution in [0.5, 0.6) is 5.75 Å². The molecule has 0 aliphatic rings. The van der Waals surface area contributed by atoms with Crippen LogP contribution in [0.4, 0.5) is 17.3 Å². The Morgan fingerprint density at radius 3 is 2.32 bits per heavy atom. The Balaban J connectivity index is 1.69. The van der Waals surface area contributed by atoms with Crippen LogP contribution in [0.3, 0.4) is 0 Å². The summed E-state index contributed by atoms with van der Waals surface area (Å²) < 4.78 is 6.22. The molecule has 0 atom stereocenters. The number of nitrogens with zero attached hydrogens (tertiary/aromatic N) is 2. The van der Waals surface area contributed by atoms with Crippen LogP contribution >= 0.6 is 15.9 Å². The highest BCUT2D eigenvalue weighted by Gasteiger charge is 2.03. The van der Waals surface area contributed by atoms with Gasteiger partial charge in [0.05, 0.1) is 7.11 Å². The molecule has 3 aromatic rings. The van der Waals surface area contributed by atoms with Crippen molar-refractivity contribution in [3.8, 4) is 5.75 Å². The second-order valence-corrected chi connectivity index (χ2v) is 6.43. The van der Waals surface area contributed by atoms with Crippen LogP contribution in [-0.2, 0) is 6.54 Å². The van der Waals surface area contributed by atoms with E-state index in [2.05, 4.69) is 36.5 Å². The predicted molar refractivity (Wildman–Crippen MR) is 105 cm³/mol. The maximum atomic E-state index is 5.18. The van der Waals surface area contributed by atoms with Crippen LogP contribution in [0.15, 0.2) is 59.1 Å². The molecular formula is C19H19BrN4O. The molecule has 0 aliphatic carbocycles. The summed E-state index contributed by atoms with van der Waals surface area (Å²) in [6, 6.07) is 17.8. The van der Waals surface area contributed by atoms with Crippen molar-refractivity contribution in [1.29, 1.82) is 0 Å². The third-order valence-corrected chi connectivity index (χ3v) is 4.12. The Kier molecular flexibility index (Phi) is 5.50. The topological polar surface area (TPSA) is 59.1 Å². The van der Waals surface area contributed by atoms with Gasteiger partial charge < -0.3 is 15.4 Å². The molecule has 2 aromatic carbocycles. The summed E-state index contributed by atoms with van der Waals surface area (Å²) in [6.45, 7) is 2.56. The number of hydrogen-bond donors (Lipinski definition) is 2. The SMILES string of the molecule is COc1ccc(CNc2cc(Nc3ccc(Br)cc3)nc(C)n2)cc1. The Hall–Kier alpha value is -2.60. The van der Waals surface area contributed by atoms with Gasteiger partial charge in [-0.15, -0.1) is 0 Å². The van der Waals surface area contributed by atoms with Crippen LogP contribution in [0, 0.1) is 6.92 Å². The zero-order valence-electron chi connectivity index (χ0n) is 14.1. The number of rotatable bonds is 6. The largest absolute Gasteiger partial charge is 0.497 e. The summed E-state index contributed by atoms with van der Waals surface area (Å²) in [4.78, 5) is 8.88. The standard InChI is InChI=1S/C19H19BrN4O/c1-13-22-18(21-12-14-3-9-17(25-2)10-4-14)11-19(23-13)24-16-7-5-15(20)6-8-16/h3-11H,12H2,1-2H3,(H2,21,22,23,24). The molecule has 0 amide bonds. The minimum absolute atomic E-state index is 0.679. The lowest BCUT2D eigenvalue weighted by Crippen LogP contribution is -2.05. The zero-order valence-corrected chi connectivity index (χ0v) is 15.7. The predicted octanol–water partition coefficient (Wildman–Crippen LogP) is 4.91. The summed E-state index contributed by atoms with van der Waals surface area (Å²) in [5, 5.41) is 6.63. The molecule has 0 unspecified atom stereocenters. The lowest BCUT2D eigenvalue weighted by molar-refractivity contribution is 0.414. The zero-order chi connectivity index (χ0) is 17.6. The Morgan fingerprint density at radius 1 is 0.960 bits per heavy atom. The van der Waals surface area contributed by atoms with E-state index in [-0.39, 0.29) is 0 Å². The number of aryl methyl sites for hydroxylation is 1. The van der Waals surface area contributed by atoms with Gasteiger partial charge in [-0.3, -0.25) is 0 Å². The first-order valence-corrected chi connectivity index (χ1v) is 8.67. The van der Waals surface area contributed by atoms with Crippen LogP contribution in [0.25, 0.3) is 0 Å². The fraction of sp³-hybridized carbons (Fsp3) is 0.158. The number of aromatic nitrogens is 2. The molecule has 0 bridgehead atoms. The van der Waals surface area contributed by atoms with E-state index in [4.69, 9.17) is 4.74 Å². The number of ether oxygens (including phenoxy) is 1. The molecule has 25 heavy (non-hydrogen) atoms. The van der Waals surface area contributed by atoms with E-state index in [0.717, 1.165) is 33.1 Å². The monoisotopic (exact) mass is 398 g/mol. The fourth-order valence-corrected chi connectivity index (χ4v) is 2.60. The van der Waals surface area contributed by atoms with Gasteiger partial charge in [0, 0.05) is 22.8 Å². The number of benzene rings is 2. The molecule has 0 fully saturated rings. The van der Waals surface area contributed by atoms with Gasteiger partial charge in [-0.1, -0.05) is 28.1 Å². The minimum atomic E-state index is 0.679. The van der Waals surface area contributed by atoms with E-state index in [0.29, 0.717) is 12.4 Å². The van der Waals surface area contributed by atoms with Gasteiger partial charge in [0.15, 0.2) is 0 Å². The molecule has 0 aliphatic heterocycles. The molecular weight excluding hydrogens is 380 g/mol. The summed E-state index contributed by atoms with van der Waals surface area (Å²) in [5.74, 6) is 3.09. The van der Waals surface area contributed by atoms with E-state index in [9.17, 15) is 0 Å². The van der Waals surface area contributed by atoms with Gasteiger partial charge in [0.2, 0.25) is 0 Å². The van der Waals surface area contributed by atoms with Gasteiger partial charge in [-0.2, -0.15) is 0 Å². The molecule has 0 radical (unpaired) electrons. The van der Waals surface area contributed by atoms with Gasteiger partial charge >= 0.3 is 0 Å². The fourth-order valence-electron chi connectivity index (χ4n) is 2.34. The van der Waals surface area contributed by atoms with Crippen molar-refractivity contribution < 1.29 is 4.74 Å². The Bertz CT molecular complexity index is 835. The first-order valence-electron chi connectivity index (χ1n) is 7.87. The molecule has 0 saturated carbocycles. The molecule has 3 rings (SSSR count). The van der Waals surface area contributed by atoms with E-state index >= 15 is 0 Å². The van der Waals surface area contributed by atoms with Crippen LogP contribution in [0.1, 0.15) is 11.4 Å². The highest BCUT2D eigenvalue weighted by atomic mass is 79.9. The molecule has 128 valence electrons. The average molecular weight is 399 g/mol. The van der Waals surface area contributed by atoms with Crippen LogP contribution < -0.4 is 15.4 Å². The third kappa shape index (κ3) is 4.93. The van der Waals surface area contributed by atoms with Crippen molar-refractivity contribution in [2.75, 3.05) is 17.7 Å². The van der Waals surface area contributed by atoms with E-state index < -0.39 is 0 Å². The Morgan fingerprint density at radius 2 is 1.64 bits per heavy atom. The maximum Gasteiger partial charge on any atom is 0.136 e. The van der Waals surface area contributed by atoms with Crippen molar-refractivity contribution in [3.05, 3.63) is 70.5 Å². The highest BCUT2D eigenvalue weighted by molar-refractivity contribution is 9.10. The lowest BCUT2D eigenvalue weighted by Gasteiger charge is -2.11. The summed E-state index contributed by atoms with van der Waals surface area (Å²) in [5.41, 5.74) is 2.13. The van der Waals surface area contributed by atoms with Crippen molar-refractivity contribution in [2.45, 2.75) is 13.5 Å². The molecule has 0 spiro atoms. The second-order valence-electron chi connectivity index (χ2n) is 5.52. The smallest absolute Gasteiger partial charge is 0.136 e. The van der Waals surface area contributed by atoms with E-state index in [1.807, 2.05) is 61.5 Å². The van der Waals surface area contributed by atoms with Crippen molar-refractivity contribution in [1.82, 2.24) is 9.97 Å². The average Bonchev–Trinajstić information content (AvgIpc) is 2.62. The molecule has 1 aromatic heterocycles. The summed E-state index contributed by atoms with van der Waals surface area (Å²) in [7, 11) is 1.66. The summed E-state index contributed by atoms with van der Waals surface area (Å²) in [6.07, 6.45) is 0. The van der Waals surface area contributed by atoms with E-state index in [1.54, 1.807) is 7.11 Å². The van der Waals surface area contributed by atoms with Crippen LogP contribution in [0.2, 0.25) is 0 Å². The molecule has 2 N–H and O–H groups in total. The van der Waals surface area contributed by atoms with Crippen molar-refractivity contribution in [3.63, 3.8) is 0 Å². The number of hydrogen-bond acceptors (Lipinski definition) is 5. The highest BCUT2D eigenvalue weighted by Crippen LogP contribution is 2.20. The molecule has 1 heterocycles. The number of halogens is 1. The van der Waals surface area contributed by atoms with Crippen molar-refractivity contribution in [2.24, 2.45) is 0 Å². The van der Waals surface area contributed by atoms with Crippen molar-refractivity contribution >= 4 is 33.3 Å². The van der Waals surface area contributed by atoms with Gasteiger partial charge in [0.25, 0.3) is 0 Å². The van der Waals surface area contributed by atoms with Crippen LogP contribution in [-0.4, -0.2) is 17.1 Å². The number of methoxy groups -OCH3 is 1. The van der Waals surface area contributed by atoms with Gasteiger partial charge in [-0.25, -0.2) is 9.97 Å². The van der Waals surface area contributed by atoms with Gasteiger partial charge in [-0.05, 0) is 48.9 Å². The molecule has 6 heteroatoms. The molecule has 0 saturated heterocycles. The molecule has 5 nitrogen and oxygen atoms in total. The van der Waals surface area contributed by atoms with E-state index in [1.165, 1.54) is 0 Å². The second kappa shape index (κ2) is 7.98. The first-order chi connectivity index (χ1) is 12.1. The minimum Gasteiger partial charge on any atom is -0.497 e. The summed E-state index contributed by atoms with van der Waals surface area (Å²) >= 11 is 3.43. The normalized spacial score (nSPS) is 10.4. The quantitative estimate of drug-likeness (QED) is 0.617. The first kappa shape index (κ1) is 17.2. The lowest BCUT2D eigenvalue weighted by atomic mass is 10.2. The number of anilines is 3. The third-order valence-electron chi connectivity index (χ3n) is 3.59. The number of nitrogens with one attached hydrogen (secondary N) is 2. The Labute approximate surface area is 155 Å².